The summed E-state index contributed by atoms with van der Waals surface area (Å²) in [5.74, 6) is -0.623. The van der Waals surface area contributed by atoms with E-state index in [-0.39, 0.29) is 0 Å². The molecule has 0 unspecified atom stereocenters. The van der Waals surface area contributed by atoms with E-state index in [1.165, 1.54) is 0 Å². The number of hydrogen-bond donors (Lipinski definition) is 3. The Balaban J connectivity index is 1.88. The van der Waals surface area contributed by atoms with Crippen LogP contribution in [-0.2, 0) is 10.4 Å². The molecule has 0 saturated heterocycles. The number of anilines is 1. The third-order valence-corrected chi connectivity index (χ3v) is 6.11. The standard InChI is InChI=1S/C22H19I2N3O2/c1-25-20-18(23)12-15(13-19(20)24)14-26-27-21(28)22(29,16-8-4-2-5-9-16)17-10-6-3-7-11-17/h2-14,25,29H,1H3,(H,27,28). The quantitative estimate of drug-likeness (QED) is 0.221. The van der Waals surface area contributed by atoms with Crippen molar-refractivity contribution < 1.29 is 9.90 Å². The summed E-state index contributed by atoms with van der Waals surface area (Å²) in [6.45, 7) is 0. The predicted molar refractivity (Wildman–Crippen MR) is 133 cm³/mol. The van der Waals surface area contributed by atoms with Crippen molar-refractivity contribution in [2.45, 2.75) is 5.60 Å². The molecule has 0 aromatic heterocycles. The van der Waals surface area contributed by atoms with Gasteiger partial charge in [0, 0.05) is 14.2 Å². The van der Waals surface area contributed by atoms with Crippen LogP contribution < -0.4 is 10.7 Å². The van der Waals surface area contributed by atoms with Gasteiger partial charge in [-0.25, -0.2) is 5.43 Å². The molecular weight excluding hydrogens is 592 g/mol. The van der Waals surface area contributed by atoms with Crippen molar-refractivity contribution in [3.63, 3.8) is 0 Å². The average molecular weight is 611 g/mol. The minimum Gasteiger partial charge on any atom is -0.386 e. The first-order valence-electron chi connectivity index (χ1n) is 8.80. The molecule has 5 nitrogen and oxygen atoms in total. The number of carbonyl (C=O) groups excluding carboxylic acids is 1. The normalized spacial score (nSPS) is 11.4. The van der Waals surface area contributed by atoms with Gasteiger partial charge in [0.2, 0.25) is 0 Å². The highest BCUT2D eigenvalue weighted by atomic mass is 127. The summed E-state index contributed by atoms with van der Waals surface area (Å²) in [5.41, 5.74) is 3.49. The van der Waals surface area contributed by atoms with Crippen LogP contribution in [0, 0.1) is 7.14 Å². The number of rotatable bonds is 6. The van der Waals surface area contributed by atoms with E-state index in [4.69, 9.17) is 0 Å². The molecule has 0 aliphatic heterocycles. The Hall–Kier alpha value is -1.98. The number of nitrogens with zero attached hydrogens (tertiary/aromatic N) is 1. The maximum Gasteiger partial charge on any atom is 0.281 e. The Bertz CT molecular complexity index is 962. The molecule has 1 amide bonds. The lowest BCUT2D eigenvalue weighted by Crippen LogP contribution is -2.43. The summed E-state index contributed by atoms with van der Waals surface area (Å²) in [5, 5.41) is 18.6. The molecule has 148 valence electrons. The van der Waals surface area contributed by atoms with Gasteiger partial charge < -0.3 is 10.4 Å². The molecule has 0 heterocycles. The van der Waals surface area contributed by atoms with Crippen LogP contribution in [0.5, 0.6) is 0 Å². The van der Waals surface area contributed by atoms with Gasteiger partial charge >= 0.3 is 0 Å². The summed E-state index contributed by atoms with van der Waals surface area (Å²) < 4.78 is 2.10. The SMILES string of the molecule is CNc1c(I)cc(C=NNC(=O)C(O)(c2ccccc2)c2ccccc2)cc1I. The highest BCUT2D eigenvalue weighted by Crippen LogP contribution is 2.30. The van der Waals surface area contributed by atoms with Gasteiger partial charge in [0.05, 0.1) is 11.9 Å². The number of aliphatic hydroxyl groups is 1. The van der Waals surface area contributed by atoms with Crippen LogP contribution in [0.1, 0.15) is 16.7 Å². The van der Waals surface area contributed by atoms with Crippen LogP contribution in [0.15, 0.2) is 77.9 Å². The molecule has 0 atom stereocenters. The van der Waals surface area contributed by atoms with Gasteiger partial charge in [0.15, 0.2) is 5.60 Å². The minimum atomic E-state index is -1.85. The molecular formula is C22H19I2N3O2. The number of hydrogen-bond acceptors (Lipinski definition) is 4. The molecule has 0 radical (unpaired) electrons. The van der Waals surface area contributed by atoms with Crippen LogP contribution in [0.25, 0.3) is 0 Å². The van der Waals surface area contributed by atoms with Gasteiger partial charge in [-0.1, -0.05) is 60.7 Å². The minimum absolute atomic E-state index is 0.473. The average Bonchev–Trinajstić information content (AvgIpc) is 2.74. The number of benzene rings is 3. The zero-order chi connectivity index (χ0) is 20.9. The summed E-state index contributed by atoms with van der Waals surface area (Å²) in [6.07, 6.45) is 1.57. The van der Waals surface area contributed by atoms with Gasteiger partial charge in [-0.2, -0.15) is 5.10 Å². The van der Waals surface area contributed by atoms with Crippen LogP contribution in [0.4, 0.5) is 5.69 Å². The largest absolute Gasteiger partial charge is 0.386 e. The number of halogens is 2. The Morgan fingerprint density at radius 2 is 1.45 bits per heavy atom. The molecule has 29 heavy (non-hydrogen) atoms. The van der Waals surface area contributed by atoms with Crippen molar-refractivity contribution >= 4 is 63.0 Å². The highest BCUT2D eigenvalue weighted by Gasteiger charge is 2.39. The number of hydrazone groups is 1. The van der Waals surface area contributed by atoms with Crippen molar-refractivity contribution in [2.24, 2.45) is 5.10 Å². The van der Waals surface area contributed by atoms with E-state index >= 15 is 0 Å². The van der Waals surface area contributed by atoms with E-state index in [0.717, 1.165) is 18.4 Å². The van der Waals surface area contributed by atoms with Crippen LogP contribution in [-0.4, -0.2) is 24.3 Å². The van der Waals surface area contributed by atoms with Crippen molar-refractivity contribution in [3.05, 3.63) is 96.6 Å². The van der Waals surface area contributed by atoms with Crippen LogP contribution >= 0.6 is 45.2 Å². The summed E-state index contributed by atoms with van der Waals surface area (Å²) in [7, 11) is 1.88. The Labute approximate surface area is 196 Å². The lowest BCUT2D eigenvalue weighted by Gasteiger charge is -2.27. The molecule has 0 spiro atoms. The second kappa shape index (κ2) is 9.68. The molecule has 0 aliphatic rings. The maximum atomic E-state index is 13.0. The van der Waals surface area contributed by atoms with Gasteiger partial charge in [0.25, 0.3) is 5.91 Å². The molecule has 0 saturated carbocycles. The number of carbonyl (C=O) groups is 1. The third-order valence-electron chi connectivity index (χ3n) is 4.41. The van der Waals surface area contributed by atoms with E-state index in [1.807, 2.05) is 31.3 Å². The van der Waals surface area contributed by atoms with E-state index in [2.05, 4.69) is 61.0 Å². The van der Waals surface area contributed by atoms with Gasteiger partial charge in [0.1, 0.15) is 0 Å². The molecule has 3 aromatic rings. The van der Waals surface area contributed by atoms with Crippen molar-refractivity contribution in [2.75, 3.05) is 12.4 Å². The second-order valence-corrected chi connectivity index (χ2v) is 8.58. The lowest BCUT2D eigenvalue weighted by molar-refractivity contribution is -0.136. The fourth-order valence-corrected chi connectivity index (χ4v) is 5.30. The van der Waals surface area contributed by atoms with Crippen molar-refractivity contribution in [3.8, 4) is 0 Å². The Kier molecular flexibility index (Phi) is 7.25. The first-order valence-corrected chi connectivity index (χ1v) is 11.0. The predicted octanol–water partition coefficient (Wildman–Crippen LogP) is 4.32. The molecule has 3 N–H and O–H groups in total. The molecule has 0 aliphatic carbocycles. The zero-order valence-electron chi connectivity index (χ0n) is 15.6. The first kappa shape index (κ1) is 21.7. The lowest BCUT2D eigenvalue weighted by atomic mass is 9.85. The fraction of sp³-hybridized carbons (Fsp3) is 0.0909. The number of amides is 1. The van der Waals surface area contributed by atoms with Crippen LogP contribution in [0.2, 0.25) is 0 Å². The molecule has 3 aromatic carbocycles. The maximum absolute atomic E-state index is 13.0. The summed E-state index contributed by atoms with van der Waals surface area (Å²) >= 11 is 4.50. The summed E-state index contributed by atoms with van der Waals surface area (Å²) in [4.78, 5) is 13.0. The van der Waals surface area contributed by atoms with Crippen molar-refractivity contribution in [1.82, 2.24) is 5.43 Å². The summed E-state index contributed by atoms with van der Waals surface area (Å²) in [6, 6.07) is 21.6. The number of nitrogens with one attached hydrogen (secondary N) is 2. The van der Waals surface area contributed by atoms with E-state index in [0.29, 0.717) is 11.1 Å². The zero-order valence-corrected chi connectivity index (χ0v) is 19.9. The van der Waals surface area contributed by atoms with Crippen molar-refractivity contribution in [1.29, 1.82) is 0 Å². The molecule has 3 rings (SSSR count). The smallest absolute Gasteiger partial charge is 0.281 e. The first-order chi connectivity index (χ1) is 14.0. The Morgan fingerprint density at radius 3 is 1.90 bits per heavy atom. The topological polar surface area (TPSA) is 73.7 Å². The van der Waals surface area contributed by atoms with E-state index in [9.17, 15) is 9.90 Å². The highest BCUT2D eigenvalue weighted by molar-refractivity contribution is 14.1. The van der Waals surface area contributed by atoms with E-state index in [1.54, 1.807) is 54.7 Å². The Morgan fingerprint density at radius 1 is 0.966 bits per heavy atom. The second-order valence-electron chi connectivity index (χ2n) is 6.25. The molecule has 0 fully saturated rings. The van der Waals surface area contributed by atoms with Gasteiger partial charge in [-0.15, -0.1) is 0 Å². The monoisotopic (exact) mass is 611 g/mol. The fourth-order valence-electron chi connectivity index (χ4n) is 2.94. The van der Waals surface area contributed by atoms with Gasteiger partial charge in [-0.05, 0) is 74.0 Å². The van der Waals surface area contributed by atoms with Crippen LogP contribution in [0.3, 0.4) is 0 Å². The molecule has 7 heteroatoms. The van der Waals surface area contributed by atoms with Gasteiger partial charge in [-0.3, -0.25) is 4.79 Å². The van der Waals surface area contributed by atoms with E-state index < -0.39 is 11.5 Å². The molecule has 0 bridgehead atoms. The third kappa shape index (κ3) is 4.78.